The summed E-state index contributed by atoms with van der Waals surface area (Å²) in [7, 11) is 4.09. The molecule has 0 radical (unpaired) electrons. The fraction of sp³-hybridized carbons (Fsp3) is 0.308. The lowest BCUT2D eigenvalue weighted by molar-refractivity contribution is -0.193. The fourth-order valence-electron chi connectivity index (χ4n) is 3.03. The monoisotopic (exact) mass is 652 g/mol. The first-order chi connectivity index (χ1) is 20.5. The maximum absolute atomic E-state index is 12.9. The molecule has 240 valence electrons. The molecule has 4 rings (SSSR count). The molecule has 2 aromatic carbocycles. The third kappa shape index (κ3) is 11.7. The normalized spacial score (nSPS) is 14.0. The van der Waals surface area contributed by atoms with Crippen molar-refractivity contribution in [1.82, 2.24) is 15.1 Å². The second-order valence-electron chi connectivity index (χ2n) is 8.81. The van der Waals surface area contributed by atoms with Crippen LogP contribution in [0.3, 0.4) is 0 Å². The van der Waals surface area contributed by atoms with Crippen molar-refractivity contribution in [1.29, 1.82) is 0 Å². The number of nitrogens with zero attached hydrogens (tertiary/aromatic N) is 2. The summed E-state index contributed by atoms with van der Waals surface area (Å²) in [4.78, 5) is 33.8. The number of anilines is 1. The maximum atomic E-state index is 12.9. The van der Waals surface area contributed by atoms with Gasteiger partial charge < -0.3 is 29.9 Å². The number of carboxylic acid groups (broad SMARTS) is 2. The van der Waals surface area contributed by atoms with Gasteiger partial charge in [0.1, 0.15) is 6.61 Å². The van der Waals surface area contributed by atoms with E-state index >= 15 is 0 Å². The van der Waals surface area contributed by atoms with Crippen LogP contribution < -0.4 is 14.8 Å². The molecule has 0 bridgehead atoms. The van der Waals surface area contributed by atoms with Crippen LogP contribution in [-0.2, 0) is 14.4 Å². The van der Waals surface area contributed by atoms with E-state index in [4.69, 9.17) is 29.3 Å². The molecule has 0 aliphatic carbocycles. The molecule has 0 saturated heterocycles. The number of thioether (sulfide) groups is 1. The number of hydrogen-bond donors (Lipinski definition) is 4. The van der Waals surface area contributed by atoms with E-state index in [1.807, 2.05) is 50.6 Å². The summed E-state index contributed by atoms with van der Waals surface area (Å²) in [6, 6.07) is 13.3. The molecule has 0 spiro atoms. The molecule has 4 N–H and O–H groups in total. The number of rotatable bonds is 7. The Morgan fingerprint density at radius 1 is 1.00 bits per heavy atom. The molecule has 1 atom stereocenters. The number of nitrogens with one attached hydrogen (secondary N) is 2. The van der Waals surface area contributed by atoms with Gasteiger partial charge in [-0.2, -0.15) is 31.4 Å². The van der Waals surface area contributed by atoms with Crippen molar-refractivity contribution in [3.8, 4) is 22.6 Å². The molecule has 1 unspecified atom stereocenters. The standard InChI is InChI=1S/C22H24N4O3S.2C2HF3O2/c1-26(2)9-10-30-21-11-15(16-12-23-24-13-16)7-8-17(21)25-22(27)20-14-28-18-5-3-4-6-19(18)29-20;2*3-2(4,5)1(6)7/h3-8,11-13,20H,9-10,14H2,1-2H3,(H,23,24)(H,25,27);2*(H,6,7). The molecule has 44 heavy (non-hydrogen) atoms. The zero-order valence-corrected chi connectivity index (χ0v) is 23.7. The number of benzene rings is 2. The van der Waals surface area contributed by atoms with Crippen molar-refractivity contribution >= 4 is 35.3 Å². The molecule has 3 aromatic rings. The highest BCUT2D eigenvalue weighted by molar-refractivity contribution is 7.99. The first kappa shape index (κ1) is 35.7. The number of para-hydroxylation sites is 2. The number of halogens is 6. The molecular weight excluding hydrogens is 626 g/mol. The van der Waals surface area contributed by atoms with Crippen molar-refractivity contribution < 1.29 is 60.4 Å². The molecule has 0 fully saturated rings. The third-order valence-electron chi connectivity index (χ3n) is 5.15. The van der Waals surface area contributed by atoms with E-state index in [1.54, 1.807) is 24.0 Å². The fourth-order valence-corrected chi connectivity index (χ4v) is 4.19. The van der Waals surface area contributed by atoms with Crippen LogP contribution in [0, 0.1) is 0 Å². The molecule has 0 saturated carbocycles. The number of carboxylic acids is 2. The first-order valence-corrected chi connectivity index (χ1v) is 13.2. The van der Waals surface area contributed by atoms with Crippen molar-refractivity contribution in [2.75, 3.05) is 38.3 Å². The van der Waals surface area contributed by atoms with Crippen LogP contribution in [0.25, 0.3) is 11.1 Å². The molecule has 1 aromatic heterocycles. The van der Waals surface area contributed by atoms with Crippen molar-refractivity contribution in [3.63, 3.8) is 0 Å². The quantitative estimate of drug-likeness (QED) is 0.207. The molecule has 1 amide bonds. The summed E-state index contributed by atoms with van der Waals surface area (Å²) >= 11 is 1.70. The highest BCUT2D eigenvalue weighted by atomic mass is 32.2. The largest absolute Gasteiger partial charge is 0.490 e. The first-order valence-electron chi connectivity index (χ1n) is 12.2. The van der Waals surface area contributed by atoms with Gasteiger partial charge in [0.05, 0.1) is 11.9 Å². The Balaban J connectivity index is 0.000000402. The molecule has 18 heteroatoms. The van der Waals surface area contributed by atoms with E-state index in [9.17, 15) is 31.1 Å². The number of ether oxygens (including phenoxy) is 2. The van der Waals surface area contributed by atoms with Gasteiger partial charge in [-0.25, -0.2) is 9.59 Å². The van der Waals surface area contributed by atoms with E-state index < -0.39 is 30.4 Å². The summed E-state index contributed by atoms with van der Waals surface area (Å²) < 4.78 is 75.0. The Hall–Kier alpha value is -4.45. The Morgan fingerprint density at radius 2 is 1.59 bits per heavy atom. The zero-order valence-electron chi connectivity index (χ0n) is 22.9. The lowest BCUT2D eigenvalue weighted by Crippen LogP contribution is -2.40. The van der Waals surface area contributed by atoms with Gasteiger partial charge in [0.15, 0.2) is 11.5 Å². The predicted molar refractivity (Wildman–Crippen MR) is 146 cm³/mol. The number of aromatic nitrogens is 2. The van der Waals surface area contributed by atoms with Gasteiger partial charge in [-0.15, -0.1) is 11.8 Å². The Labute approximate surface area is 250 Å². The van der Waals surface area contributed by atoms with Crippen molar-refractivity contribution in [2.24, 2.45) is 0 Å². The Morgan fingerprint density at radius 3 is 2.11 bits per heavy atom. The van der Waals surface area contributed by atoms with Crippen LogP contribution in [0.15, 0.2) is 59.8 Å². The van der Waals surface area contributed by atoms with E-state index in [1.165, 1.54) is 0 Å². The minimum Gasteiger partial charge on any atom is -0.485 e. The Kier molecular flexibility index (Phi) is 12.9. The van der Waals surface area contributed by atoms with E-state index in [2.05, 4.69) is 26.5 Å². The lowest BCUT2D eigenvalue weighted by atomic mass is 10.1. The second kappa shape index (κ2) is 15.9. The smallest absolute Gasteiger partial charge is 0.485 e. The zero-order chi connectivity index (χ0) is 33.1. The van der Waals surface area contributed by atoms with Gasteiger partial charge in [0, 0.05) is 29.0 Å². The maximum Gasteiger partial charge on any atom is 0.490 e. The van der Waals surface area contributed by atoms with E-state index in [-0.39, 0.29) is 12.5 Å². The number of carbonyl (C=O) groups excluding carboxylic acids is 1. The van der Waals surface area contributed by atoms with Gasteiger partial charge in [0.25, 0.3) is 5.91 Å². The number of aliphatic carboxylic acids is 2. The predicted octanol–water partition coefficient (Wildman–Crippen LogP) is 4.78. The van der Waals surface area contributed by atoms with E-state index in [0.29, 0.717) is 11.5 Å². The van der Waals surface area contributed by atoms with Crippen LogP contribution >= 0.6 is 11.8 Å². The highest BCUT2D eigenvalue weighted by Gasteiger charge is 2.39. The third-order valence-corrected chi connectivity index (χ3v) is 6.19. The summed E-state index contributed by atoms with van der Waals surface area (Å²) in [6.07, 6.45) is -7.23. The number of alkyl halides is 6. The van der Waals surface area contributed by atoms with Gasteiger partial charge in [0.2, 0.25) is 6.10 Å². The average Bonchev–Trinajstić information content (AvgIpc) is 3.48. The van der Waals surface area contributed by atoms with Crippen LogP contribution in [0.2, 0.25) is 0 Å². The van der Waals surface area contributed by atoms with Crippen molar-refractivity contribution in [2.45, 2.75) is 23.4 Å². The highest BCUT2D eigenvalue weighted by Crippen LogP contribution is 2.34. The second-order valence-corrected chi connectivity index (χ2v) is 9.95. The van der Waals surface area contributed by atoms with Gasteiger partial charge >= 0.3 is 24.3 Å². The lowest BCUT2D eigenvalue weighted by Gasteiger charge is -2.26. The van der Waals surface area contributed by atoms with Crippen LogP contribution in [-0.4, -0.2) is 94.6 Å². The van der Waals surface area contributed by atoms with Crippen molar-refractivity contribution in [3.05, 3.63) is 54.9 Å². The summed E-state index contributed by atoms with van der Waals surface area (Å²) in [5.41, 5.74) is 2.81. The van der Waals surface area contributed by atoms with Crippen LogP contribution in [0.1, 0.15) is 0 Å². The van der Waals surface area contributed by atoms with Gasteiger partial charge in [-0.05, 0) is 43.9 Å². The topological polar surface area (TPSA) is 154 Å². The minimum atomic E-state index is -5.08. The molecular formula is C26H26F6N4O7S. The molecule has 1 aliphatic rings. The number of aromatic amines is 1. The number of H-pyrrole nitrogens is 1. The minimum absolute atomic E-state index is 0.180. The van der Waals surface area contributed by atoms with E-state index in [0.717, 1.165) is 34.0 Å². The molecule has 2 heterocycles. The molecule has 1 aliphatic heterocycles. The number of carbonyl (C=O) groups is 3. The number of fused-ring (bicyclic) bond motifs is 1. The summed E-state index contributed by atoms with van der Waals surface area (Å²) in [5.74, 6) is -3.60. The number of amides is 1. The SMILES string of the molecule is CN(C)CCSc1cc(-c2cn[nH]c2)ccc1NC(=O)C1COc2ccccc2O1.O=C(O)C(F)(F)F.O=C(O)C(F)(F)F. The van der Waals surface area contributed by atoms with Crippen LogP contribution in [0.4, 0.5) is 32.0 Å². The Bertz CT molecular complexity index is 1380. The van der Waals surface area contributed by atoms with Gasteiger partial charge in [-0.1, -0.05) is 18.2 Å². The number of hydrogen-bond acceptors (Lipinski definition) is 8. The summed E-state index contributed by atoms with van der Waals surface area (Å²) in [6.45, 7) is 1.11. The molecule has 11 nitrogen and oxygen atoms in total. The average molecular weight is 653 g/mol. The van der Waals surface area contributed by atoms with Gasteiger partial charge in [-0.3, -0.25) is 9.89 Å². The van der Waals surface area contributed by atoms with Crippen LogP contribution in [0.5, 0.6) is 11.5 Å². The summed E-state index contributed by atoms with van der Waals surface area (Å²) in [5, 5.41) is 24.1.